The van der Waals surface area contributed by atoms with E-state index in [9.17, 15) is 0 Å². The second kappa shape index (κ2) is 17.9. The molecule has 0 N–H and O–H groups in total. The van der Waals surface area contributed by atoms with Crippen LogP contribution in [0.4, 0.5) is 0 Å². The molecule has 0 amide bonds. The zero-order valence-corrected chi connectivity index (χ0v) is 43.9. The van der Waals surface area contributed by atoms with Crippen LogP contribution < -0.4 is 0 Å². The van der Waals surface area contributed by atoms with Crippen LogP contribution in [0.3, 0.4) is 0 Å². The van der Waals surface area contributed by atoms with Crippen molar-refractivity contribution >= 4 is 0 Å². The molecule has 66 heavy (non-hydrogen) atoms. The molecule has 0 heterocycles. The third-order valence-electron chi connectivity index (χ3n) is 13.7. The Hall–Kier alpha value is -5.56. The highest BCUT2D eigenvalue weighted by molar-refractivity contribution is 5.64. The van der Waals surface area contributed by atoms with E-state index in [-0.39, 0.29) is 32.5 Å². The first-order valence-electron chi connectivity index (χ1n) is 24.2. The van der Waals surface area contributed by atoms with E-state index in [0.717, 1.165) is 33.4 Å². The van der Waals surface area contributed by atoms with E-state index in [0.29, 0.717) is 0 Å². The van der Waals surface area contributed by atoms with Gasteiger partial charge >= 0.3 is 0 Å². The quantitative estimate of drug-likeness (QED) is 0.116. The number of hydrogen-bond donors (Lipinski definition) is 0. The topological polar surface area (TPSA) is 0 Å². The van der Waals surface area contributed by atoms with E-state index in [1.165, 1.54) is 33.4 Å². The first-order chi connectivity index (χ1) is 30.5. The zero-order chi connectivity index (χ0) is 48.7. The standard InChI is InChI=1S/C66H78/c1-59(2,3)47-21-33-53(34-22-47)65(54-35-23-48(24-36-54)60(4,5)6,55-37-25-49(26-38-55)61(7,8)9)45-19-20-46-66(56-39-27-50(28-40-56)62(10,11)12,57-41-29-51(30-42-57)63(13,14)15)58-43-31-52(32-44-58)64(16,17)18/h21-44H,1-18H3. The summed E-state index contributed by atoms with van der Waals surface area (Å²) >= 11 is 0. The Kier molecular flexibility index (Phi) is 13.5. The summed E-state index contributed by atoms with van der Waals surface area (Å²) in [6.07, 6.45) is 0. The molecule has 0 atom stereocenters. The highest BCUT2D eigenvalue weighted by Crippen LogP contribution is 2.44. The van der Waals surface area contributed by atoms with Gasteiger partial charge in [0, 0.05) is 0 Å². The van der Waals surface area contributed by atoms with E-state index >= 15 is 0 Å². The lowest BCUT2D eigenvalue weighted by Gasteiger charge is -2.33. The molecule has 0 heteroatoms. The Morgan fingerprint density at radius 3 is 0.394 bits per heavy atom. The fourth-order valence-corrected chi connectivity index (χ4v) is 9.00. The SMILES string of the molecule is CC(C)(C)c1ccc(C(C#CC#CC(c2ccc(C(C)(C)C)cc2)(c2ccc(C(C)(C)C)cc2)c2ccc(C(C)(C)C)cc2)(c2ccc(C(C)(C)C)cc2)c2ccc(C(C)(C)C)cc2)cc1. The zero-order valence-electron chi connectivity index (χ0n) is 43.9. The largest absolute Gasteiger partial charge is 0.107 e. The molecule has 0 nitrogen and oxygen atoms in total. The maximum atomic E-state index is 3.95. The Balaban J connectivity index is 1.72. The van der Waals surface area contributed by atoms with Crippen molar-refractivity contribution in [2.75, 3.05) is 0 Å². The summed E-state index contributed by atoms with van der Waals surface area (Å²) in [6, 6.07) is 55.1. The second-order valence-corrected chi connectivity index (χ2v) is 25.0. The fraction of sp³-hybridized carbons (Fsp3) is 0.394. The summed E-state index contributed by atoms with van der Waals surface area (Å²) in [5, 5.41) is 0. The van der Waals surface area contributed by atoms with Crippen molar-refractivity contribution in [3.05, 3.63) is 212 Å². The van der Waals surface area contributed by atoms with Gasteiger partial charge in [-0.1, -0.05) is 282 Å². The normalized spacial score (nSPS) is 13.1. The van der Waals surface area contributed by atoms with Crippen LogP contribution in [0.1, 0.15) is 191 Å². The van der Waals surface area contributed by atoms with E-state index in [4.69, 9.17) is 0 Å². The molecule has 0 aromatic heterocycles. The van der Waals surface area contributed by atoms with Crippen LogP contribution in [0.15, 0.2) is 146 Å². The molecule has 0 aliphatic rings. The van der Waals surface area contributed by atoms with Gasteiger partial charge in [-0.25, -0.2) is 0 Å². The summed E-state index contributed by atoms with van der Waals surface area (Å²) < 4.78 is 0. The van der Waals surface area contributed by atoms with Crippen LogP contribution in [-0.2, 0) is 43.3 Å². The molecule has 6 rings (SSSR count). The van der Waals surface area contributed by atoms with E-state index < -0.39 is 10.8 Å². The van der Waals surface area contributed by atoms with Gasteiger partial charge in [0.15, 0.2) is 0 Å². The van der Waals surface area contributed by atoms with Crippen molar-refractivity contribution in [3.63, 3.8) is 0 Å². The fourth-order valence-electron chi connectivity index (χ4n) is 9.00. The minimum Gasteiger partial charge on any atom is -0.0677 e. The van der Waals surface area contributed by atoms with Gasteiger partial charge in [-0.2, -0.15) is 0 Å². The first-order valence-corrected chi connectivity index (χ1v) is 24.2. The molecule has 0 bridgehead atoms. The van der Waals surface area contributed by atoms with Crippen molar-refractivity contribution < 1.29 is 0 Å². The molecule has 0 fully saturated rings. The summed E-state index contributed by atoms with van der Waals surface area (Å²) in [6.45, 7) is 41.0. The van der Waals surface area contributed by atoms with Gasteiger partial charge in [0.05, 0.1) is 0 Å². The third-order valence-corrected chi connectivity index (χ3v) is 13.7. The Morgan fingerprint density at radius 1 is 0.182 bits per heavy atom. The lowest BCUT2D eigenvalue weighted by molar-refractivity contribution is 0.587. The molecule has 0 saturated carbocycles. The molecule has 0 radical (unpaired) electrons. The Labute approximate surface area is 402 Å². The van der Waals surface area contributed by atoms with Gasteiger partial charge < -0.3 is 0 Å². The Morgan fingerprint density at radius 2 is 0.288 bits per heavy atom. The van der Waals surface area contributed by atoms with Gasteiger partial charge in [0.25, 0.3) is 0 Å². The van der Waals surface area contributed by atoms with Gasteiger partial charge in [-0.05, 0) is 111 Å². The summed E-state index contributed by atoms with van der Waals surface area (Å²) in [4.78, 5) is 0. The average Bonchev–Trinajstić information content (AvgIpc) is 3.24. The molecule has 6 aromatic carbocycles. The van der Waals surface area contributed by atoms with Gasteiger partial charge in [-0.15, -0.1) is 0 Å². The molecule has 0 aliphatic carbocycles. The van der Waals surface area contributed by atoms with Gasteiger partial charge in [-0.3, -0.25) is 0 Å². The second-order valence-electron chi connectivity index (χ2n) is 25.0. The highest BCUT2D eigenvalue weighted by Gasteiger charge is 2.38. The van der Waals surface area contributed by atoms with Crippen molar-refractivity contribution in [2.45, 2.75) is 168 Å². The predicted octanol–water partition coefficient (Wildman–Crippen LogP) is 16.8. The third kappa shape index (κ3) is 10.5. The van der Waals surface area contributed by atoms with Crippen molar-refractivity contribution in [3.8, 4) is 23.7 Å². The molecule has 6 aromatic rings. The number of benzene rings is 6. The summed E-state index contributed by atoms with van der Waals surface area (Å²) in [7, 11) is 0. The summed E-state index contributed by atoms with van der Waals surface area (Å²) in [5.74, 6) is 15.1. The predicted molar refractivity (Wildman–Crippen MR) is 286 cm³/mol. The lowest BCUT2D eigenvalue weighted by Crippen LogP contribution is -2.29. The maximum absolute atomic E-state index is 3.95. The molecular formula is C66H78. The van der Waals surface area contributed by atoms with Gasteiger partial charge in [0.2, 0.25) is 0 Å². The minimum absolute atomic E-state index is 0.00560. The summed E-state index contributed by atoms with van der Waals surface area (Å²) in [5.41, 5.74) is 12.8. The van der Waals surface area contributed by atoms with Gasteiger partial charge in [0.1, 0.15) is 10.8 Å². The monoisotopic (exact) mass is 871 g/mol. The smallest absolute Gasteiger partial charge is 0.0677 e. The maximum Gasteiger partial charge on any atom is 0.107 e. The minimum atomic E-state index is -0.822. The van der Waals surface area contributed by atoms with Crippen LogP contribution in [0.25, 0.3) is 0 Å². The first kappa shape index (κ1) is 49.9. The van der Waals surface area contributed by atoms with E-state index in [2.05, 4.69) is 294 Å². The van der Waals surface area contributed by atoms with Crippen LogP contribution in [0, 0.1) is 23.7 Å². The van der Waals surface area contributed by atoms with E-state index in [1.807, 2.05) is 0 Å². The molecule has 0 spiro atoms. The molecule has 0 unspecified atom stereocenters. The van der Waals surface area contributed by atoms with Crippen LogP contribution in [0.2, 0.25) is 0 Å². The molecular weight excluding hydrogens is 793 g/mol. The van der Waals surface area contributed by atoms with Crippen molar-refractivity contribution in [1.82, 2.24) is 0 Å². The van der Waals surface area contributed by atoms with Crippen LogP contribution >= 0.6 is 0 Å². The highest BCUT2D eigenvalue weighted by atomic mass is 14.4. The lowest BCUT2D eigenvalue weighted by atomic mass is 9.68. The van der Waals surface area contributed by atoms with E-state index in [1.54, 1.807) is 0 Å². The molecule has 0 saturated heterocycles. The molecule has 342 valence electrons. The van der Waals surface area contributed by atoms with Crippen LogP contribution in [-0.4, -0.2) is 0 Å². The van der Waals surface area contributed by atoms with Crippen LogP contribution in [0.5, 0.6) is 0 Å². The van der Waals surface area contributed by atoms with Crippen molar-refractivity contribution in [2.24, 2.45) is 0 Å². The average molecular weight is 871 g/mol. The number of rotatable bonds is 6. The number of hydrogen-bond acceptors (Lipinski definition) is 0. The molecule has 0 aliphatic heterocycles. The van der Waals surface area contributed by atoms with Crippen molar-refractivity contribution in [1.29, 1.82) is 0 Å². The Bertz CT molecular complexity index is 2230.